The Balaban J connectivity index is 2.90. The third-order valence-electron chi connectivity index (χ3n) is 2.21. The normalized spacial score (nSPS) is 10.2. The summed E-state index contributed by atoms with van der Waals surface area (Å²) >= 11 is 0. The molecule has 0 N–H and O–H groups in total. The van der Waals surface area contributed by atoms with Gasteiger partial charge in [-0.2, -0.15) is 5.26 Å². The Morgan fingerprint density at radius 3 is 2.54 bits per heavy atom. The summed E-state index contributed by atoms with van der Waals surface area (Å²) in [4.78, 5) is 0. The van der Waals surface area contributed by atoms with Crippen LogP contribution in [0, 0.1) is 25.2 Å². The molecule has 0 saturated heterocycles. The lowest BCUT2D eigenvalue weighted by atomic mass is 10.1. The quantitative estimate of drug-likeness (QED) is 0.611. The van der Waals surface area contributed by atoms with E-state index in [1.54, 1.807) is 6.07 Å². The lowest BCUT2D eigenvalue weighted by molar-refractivity contribution is 0.597. The van der Waals surface area contributed by atoms with Crippen LogP contribution in [-0.4, -0.2) is 0 Å². The minimum Gasteiger partial charge on any atom is -0.445 e. The summed E-state index contributed by atoms with van der Waals surface area (Å²) in [6.45, 7) is 3.99. The van der Waals surface area contributed by atoms with Crippen LogP contribution in [0.5, 0.6) is 0 Å². The van der Waals surface area contributed by atoms with Crippen molar-refractivity contribution in [2.75, 3.05) is 0 Å². The van der Waals surface area contributed by atoms with Gasteiger partial charge in [-0.25, -0.2) is 0 Å². The molecule has 0 aliphatic heterocycles. The molecule has 0 atom stereocenters. The van der Waals surface area contributed by atoms with E-state index in [9.17, 15) is 0 Å². The zero-order valence-corrected chi connectivity index (χ0v) is 7.59. The molecule has 0 amide bonds. The summed E-state index contributed by atoms with van der Waals surface area (Å²) in [5, 5.41) is 9.72. The van der Waals surface area contributed by atoms with E-state index in [1.807, 2.05) is 32.0 Å². The van der Waals surface area contributed by atoms with Gasteiger partial charge in [0.25, 0.3) is 0 Å². The second-order valence-electron chi connectivity index (χ2n) is 3.16. The minimum absolute atomic E-state index is 0.382. The van der Waals surface area contributed by atoms with E-state index in [0.29, 0.717) is 5.76 Å². The van der Waals surface area contributed by atoms with E-state index in [1.165, 1.54) is 0 Å². The Morgan fingerprint density at radius 1 is 1.23 bits per heavy atom. The molecule has 2 rings (SSSR count). The lowest BCUT2D eigenvalue weighted by Crippen LogP contribution is -1.76. The SMILES string of the molecule is Cc1ccc(C)c2oc(C#N)cc12. The van der Waals surface area contributed by atoms with Crippen molar-refractivity contribution in [1.82, 2.24) is 0 Å². The molecule has 1 aromatic carbocycles. The highest BCUT2D eigenvalue weighted by molar-refractivity contribution is 5.84. The summed E-state index contributed by atoms with van der Waals surface area (Å²) in [5.41, 5.74) is 3.05. The van der Waals surface area contributed by atoms with Crippen LogP contribution in [0.3, 0.4) is 0 Å². The maximum Gasteiger partial charge on any atom is 0.204 e. The predicted octanol–water partition coefficient (Wildman–Crippen LogP) is 2.92. The van der Waals surface area contributed by atoms with Gasteiger partial charge in [-0.15, -0.1) is 0 Å². The van der Waals surface area contributed by atoms with Crippen LogP contribution in [0.25, 0.3) is 11.0 Å². The van der Waals surface area contributed by atoms with Gasteiger partial charge < -0.3 is 4.42 Å². The van der Waals surface area contributed by atoms with E-state index in [0.717, 1.165) is 22.1 Å². The fraction of sp³-hybridized carbons (Fsp3) is 0.182. The lowest BCUT2D eigenvalue weighted by Gasteiger charge is -1.96. The Kier molecular flexibility index (Phi) is 1.60. The highest BCUT2D eigenvalue weighted by Gasteiger charge is 2.06. The molecule has 0 spiro atoms. The first kappa shape index (κ1) is 7.88. The first-order valence-electron chi connectivity index (χ1n) is 4.12. The van der Waals surface area contributed by atoms with Crippen molar-refractivity contribution in [1.29, 1.82) is 5.26 Å². The average Bonchev–Trinajstić information content (AvgIpc) is 2.56. The topological polar surface area (TPSA) is 36.9 Å². The van der Waals surface area contributed by atoms with Crippen LogP contribution in [0.2, 0.25) is 0 Å². The summed E-state index contributed by atoms with van der Waals surface area (Å²) < 4.78 is 5.37. The maximum absolute atomic E-state index is 8.68. The molecule has 0 aliphatic carbocycles. The molecule has 2 aromatic rings. The Bertz CT molecular complexity index is 464. The van der Waals surface area contributed by atoms with Crippen LogP contribution >= 0.6 is 0 Å². The van der Waals surface area contributed by atoms with Crippen LogP contribution < -0.4 is 0 Å². The van der Waals surface area contributed by atoms with Crippen LogP contribution in [0.1, 0.15) is 16.9 Å². The van der Waals surface area contributed by atoms with Crippen molar-refractivity contribution in [3.05, 3.63) is 35.1 Å². The van der Waals surface area contributed by atoms with Crippen molar-refractivity contribution in [3.63, 3.8) is 0 Å². The van der Waals surface area contributed by atoms with Crippen LogP contribution in [-0.2, 0) is 0 Å². The van der Waals surface area contributed by atoms with Gasteiger partial charge in [0.1, 0.15) is 11.7 Å². The van der Waals surface area contributed by atoms with Crippen LogP contribution in [0.15, 0.2) is 22.6 Å². The van der Waals surface area contributed by atoms with Gasteiger partial charge in [0.05, 0.1) is 0 Å². The number of benzene rings is 1. The first-order valence-corrected chi connectivity index (χ1v) is 4.12. The fourth-order valence-electron chi connectivity index (χ4n) is 1.45. The van der Waals surface area contributed by atoms with E-state index >= 15 is 0 Å². The van der Waals surface area contributed by atoms with Crippen molar-refractivity contribution in [3.8, 4) is 6.07 Å². The molecule has 0 fully saturated rings. The monoisotopic (exact) mass is 171 g/mol. The molecule has 1 aromatic heterocycles. The van der Waals surface area contributed by atoms with Gasteiger partial charge in [0, 0.05) is 11.5 Å². The molecule has 1 heterocycles. The first-order chi connectivity index (χ1) is 6.22. The molecule has 0 radical (unpaired) electrons. The number of hydrogen-bond donors (Lipinski definition) is 0. The van der Waals surface area contributed by atoms with Crippen molar-refractivity contribution in [2.24, 2.45) is 0 Å². The van der Waals surface area contributed by atoms with Gasteiger partial charge in [-0.1, -0.05) is 12.1 Å². The largest absolute Gasteiger partial charge is 0.445 e. The molecule has 2 nitrogen and oxygen atoms in total. The molecule has 2 heteroatoms. The molecular weight excluding hydrogens is 162 g/mol. The molecule has 0 unspecified atom stereocenters. The number of furan rings is 1. The van der Waals surface area contributed by atoms with E-state index in [4.69, 9.17) is 9.68 Å². The number of rotatable bonds is 0. The van der Waals surface area contributed by atoms with Crippen molar-refractivity contribution in [2.45, 2.75) is 13.8 Å². The number of hydrogen-bond acceptors (Lipinski definition) is 2. The Morgan fingerprint density at radius 2 is 1.92 bits per heavy atom. The third kappa shape index (κ3) is 1.09. The van der Waals surface area contributed by atoms with Gasteiger partial charge in [-0.05, 0) is 25.0 Å². The Labute approximate surface area is 76.4 Å². The highest BCUT2D eigenvalue weighted by Crippen LogP contribution is 2.25. The molecular formula is C11H9NO. The summed E-state index contributed by atoms with van der Waals surface area (Å²) in [7, 11) is 0. The highest BCUT2D eigenvalue weighted by atomic mass is 16.3. The number of nitrogens with zero attached hydrogens (tertiary/aromatic N) is 1. The van der Waals surface area contributed by atoms with E-state index in [2.05, 4.69) is 0 Å². The molecule has 0 aliphatic rings. The number of nitriles is 1. The van der Waals surface area contributed by atoms with Gasteiger partial charge in [0.2, 0.25) is 5.76 Å². The van der Waals surface area contributed by atoms with Gasteiger partial charge in [-0.3, -0.25) is 0 Å². The number of aryl methyl sites for hydroxylation is 2. The average molecular weight is 171 g/mol. The second kappa shape index (κ2) is 2.63. The van der Waals surface area contributed by atoms with Crippen molar-refractivity contribution >= 4 is 11.0 Å². The second-order valence-corrected chi connectivity index (χ2v) is 3.16. The predicted molar refractivity (Wildman–Crippen MR) is 50.4 cm³/mol. The molecule has 0 saturated carbocycles. The van der Waals surface area contributed by atoms with Crippen LogP contribution in [0.4, 0.5) is 0 Å². The zero-order chi connectivity index (χ0) is 9.42. The van der Waals surface area contributed by atoms with Crippen molar-refractivity contribution < 1.29 is 4.42 Å². The molecule has 13 heavy (non-hydrogen) atoms. The summed E-state index contributed by atoms with van der Waals surface area (Å²) in [6.07, 6.45) is 0. The minimum atomic E-state index is 0.382. The third-order valence-corrected chi connectivity index (χ3v) is 2.21. The summed E-state index contributed by atoms with van der Waals surface area (Å²) in [5.74, 6) is 0.382. The molecule has 0 bridgehead atoms. The van der Waals surface area contributed by atoms with Gasteiger partial charge in [0.15, 0.2) is 0 Å². The number of fused-ring (bicyclic) bond motifs is 1. The van der Waals surface area contributed by atoms with E-state index in [-0.39, 0.29) is 0 Å². The fourth-order valence-corrected chi connectivity index (χ4v) is 1.45. The maximum atomic E-state index is 8.68. The zero-order valence-electron chi connectivity index (χ0n) is 7.59. The molecule has 64 valence electrons. The standard InChI is InChI=1S/C11H9NO/c1-7-3-4-8(2)11-10(7)5-9(6-12)13-11/h3-5H,1-2H3. The Hall–Kier alpha value is -1.75. The smallest absolute Gasteiger partial charge is 0.204 e. The van der Waals surface area contributed by atoms with E-state index < -0.39 is 0 Å². The van der Waals surface area contributed by atoms with Gasteiger partial charge >= 0.3 is 0 Å². The summed E-state index contributed by atoms with van der Waals surface area (Å²) in [6, 6.07) is 7.83.